The summed E-state index contributed by atoms with van der Waals surface area (Å²) in [6.07, 6.45) is 1.42. The molecule has 0 radical (unpaired) electrons. The molecular formula is C17H18N2O. The first-order chi connectivity index (χ1) is 9.84. The van der Waals surface area contributed by atoms with E-state index in [1.165, 1.54) is 5.56 Å². The summed E-state index contributed by atoms with van der Waals surface area (Å²) in [7, 11) is 0. The normalized spacial score (nSPS) is 14.4. The lowest BCUT2D eigenvalue weighted by molar-refractivity contribution is -0.118. The molecule has 20 heavy (non-hydrogen) atoms. The molecule has 1 aliphatic heterocycles. The molecule has 1 amide bonds. The number of fused-ring (bicyclic) bond motifs is 1. The number of nitrogens with one attached hydrogen (secondary N) is 1. The molecule has 1 aliphatic rings. The smallest absolute Gasteiger partial charge is 0.228 e. The lowest BCUT2D eigenvalue weighted by atomic mass is 10.1. The van der Waals surface area contributed by atoms with Crippen molar-refractivity contribution < 1.29 is 4.79 Å². The molecule has 1 N–H and O–H groups in total. The summed E-state index contributed by atoms with van der Waals surface area (Å²) >= 11 is 0. The lowest BCUT2D eigenvalue weighted by Crippen LogP contribution is -2.32. The summed E-state index contributed by atoms with van der Waals surface area (Å²) in [5.41, 5.74) is 3.30. The van der Waals surface area contributed by atoms with E-state index in [1.807, 2.05) is 47.4 Å². The fourth-order valence-electron chi connectivity index (χ4n) is 2.56. The lowest BCUT2D eigenvalue weighted by Gasteiger charge is -2.22. The Morgan fingerprint density at radius 3 is 2.60 bits per heavy atom. The van der Waals surface area contributed by atoms with E-state index in [-0.39, 0.29) is 5.91 Å². The second-order valence-corrected chi connectivity index (χ2v) is 4.97. The SMILES string of the molecule is O=C1CCNc2ccccc2N1CCc1ccccc1. The van der Waals surface area contributed by atoms with Crippen molar-refractivity contribution in [1.82, 2.24) is 0 Å². The number of rotatable bonds is 3. The van der Waals surface area contributed by atoms with Crippen molar-refractivity contribution in [3.63, 3.8) is 0 Å². The number of benzene rings is 2. The maximum absolute atomic E-state index is 12.3. The molecule has 1 heterocycles. The van der Waals surface area contributed by atoms with Gasteiger partial charge in [-0.3, -0.25) is 4.79 Å². The van der Waals surface area contributed by atoms with Crippen LogP contribution in [-0.2, 0) is 11.2 Å². The van der Waals surface area contributed by atoms with Gasteiger partial charge in [-0.2, -0.15) is 0 Å². The Morgan fingerprint density at radius 1 is 1.00 bits per heavy atom. The van der Waals surface area contributed by atoms with Crippen LogP contribution < -0.4 is 10.2 Å². The maximum atomic E-state index is 12.3. The van der Waals surface area contributed by atoms with E-state index in [0.717, 1.165) is 24.3 Å². The van der Waals surface area contributed by atoms with Crippen molar-refractivity contribution >= 4 is 17.3 Å². The number of carbonyl (C=O) groups is 1. The Labute approximate surface area is 119 Å². The Kier molecular flexibility index (Phi) is 3.68. The molecular weight excluding hydrogens is 248 g/mol. The topological polar surface area (TPSA) is 32.3 Å². The van der Waals surface area contributed by atoms with Gasteiger partial charge in [0.25, 0.3) is 0 Å². The van der Waals surface area contributed by atoms with Crippen molar-refractivity contribution in [2.24, 2.45) is 0 Å². The van der Waals surface area contributed by atoms with E-state index in [4.69, 9.17) is 0 Å². The highest BCUT2D eigenvalue weighted by atomic mass is 16.2. The largest absolute Gasteiger partial charge is 0.383 e. The van der Waals surface area contributed by atoms with Crippen LogP contribution >= 0.6 is 0 Å². The van der Waals surface area contributed by atoms with E-state index in [0.29, 0.717) is 13.0 Å². The van der Waals surface area contributed by atoms with Gasteiger partial charge >= 0.3 is 0 Å². The van der Waals surface area contributed by atoms with Crippen LogP contribution in [0.4, 0.5) is 11.4 Å². The number of anilines is 2. The van der Waals surface area contributed by atoms with Gasteiger partial charge in [0.15, 0.2) is 0 Å². The van der Waals surface area contributed by atoms with Gasteiger partial charge in [0.05, 0.1) is 11.4 Å². The molecule has 2 aromatic carbocycles. The van der Waals surface area contributed by atoms with Gasteiger partial charge < -0.3 is 10.2 Å². The van der Waals surface area contributed by atoms with Gasteiger partial charge in [-0.25, -0.2) is 0 Å². The van der Waals surface area contributed by atoms with Crippen molar-refractivity contribution in [1.29, 1.82) is 0 Å². The number of nitrogens with zero attached hydrogens (tertiary/aromatic N) is 1. The standard InChI is InChI=1S/C17H18N2O/c20-17-10-12-18-15-8-4-5-9-16(15)19(17)13-11-14-6-2-1-3-7-14/h1-9,18H,10-13H2. The molecule has 0 aromatic heterocycles. The molecule has 0 spiro atoms. The molecule has 0 saturated heterocycles. The monoisotopic (exact) mass is 266 g/mol. The Balaban J connectivity index is 1.81. The minimum Gasteiger partial charge on any atom is -0.383 e. The van der Waals surface area contributed by atoms with Crippen LogP contribution in [0, 0.1) is 0 Å². The number of carbonyl (C=O) groups excluding carboxylic acids is 1. The molecule has 0 saturated carbocycles. The van der Waals surface area contributed by atoms with Crippen molar-refractivity contribution in [3.05, 3.63) is 60.2 Å². The average Bonchev–Trinajstić information content (AvgIpc) is 2.65. The van der Waals surface area contributed by atoms with Crippen LogP contribution in [-0.4, -0.2) is 19.0 Å². The molecule has 0 bridgehead atoms. The number of para-hydroxylation sites is 2. The molecule has 0 atom stereocenters. The Hall–Kier alpha value is -2.29. The third-order valence-electron chi connectivity index (χ3n) is 3.62. The minimum absolute atomic E-state index is 0.193. The van der Waals surface area contributed by atoms with Crippen LogP contribution in [0.25, 0.3) is 0 Å². The Bertz CT molecular complexity index is 595. The van der Waals surface area contributed by atoms with E-state index >= 15 is 0 Å². The van der Waals surface area contributed by atoms with Gasteiger partial charge in [-0.1, -0.05) is 42.5 Å². The zero-order chi connectivity index (χ0) is 13.8. The van der Waals surface area contributed by atoms with Crippen LogP contribution in [0.5, 0.6) is 0 Å². The van der Waals surface area contributed by atoms with Gasteiger partial charge in [0, 0.05) is 19.5 Å². The molecule has 0 unspecified atom stereocenters. The fourth-order valence-corrected chi connectivity index (χ4v) is 2.56. The molecule has 2 aromatic rings. The van der Waals surface area contributed by atoms with Crippen LogP contribution in [0.2, 0.25) is 0 Å². The van der Waals surface area contributed by atoms with Gasteiger partial charge in [0.2, 0.25) is 5.91 Å². The van der Waals surface area contributed by atoms with Gasteiger partial charge in [-0.15, -0.1) is 0 Å². The first-order valence-corrected chi connectivity index (χ1v) is 7.02. The average molecular weight is 266 g/mol. The molecule has 3 heteroatoms. The third kappa shape index (κ3) is 2.67. The highest BCUT2D eigenvalue weighted by Gasteiger charge is 2.21. The molecule has 3 nitrogen and oxygen atoms in total. The van der Waals surface area contributed by atoms with E-state index in [9.17, 15) is 4.79 Å². The van der Waals surface area contributed by atoms with Crippen molar-refractivity contribution in [3.8, 4) is 0 Å². The number of hydrogen-bond donors (Lipinski definition) is 1. The molecule has 0 aliphatic carbocycles. The fraction of sp³-hybridized carbons (Fsp3) is 0.235. The maximum Gasteiger partial charge on any atom is 0.228 e. The van der Waals surface area contributed by atoms with E-state index in [1.54, 1.807) is 0 Å². The minimum atomic E-state index is 0.193. The Morgan fingerprint density at radius 2 is 1.75 bits per heavy atom. The zero-order valence-corrected chi connectivity index (χ0v) is 11.4. The van der Waals surface area contributed by atoms with Gasteiger partial charge in [-0.05, 0) is 24.1 Å². The predicted octanol–water partition coefficient (Wildman–Crippen LogP) is 3.08. The molecule has 102 valence electrons. The quantitative estimate of drug-likeness (QED) is 0.926. The summed E-state index contributed by atoms with van der Waals surface area (Å²) in [4.78, 5) is 14.2. The first-order valence-electron chi connectivity index (χ1n) is 7.02. The zero-order valence-electron chi connectivity index (χ0n) is 11.4. The highest BCUT2D eigenvalue weighted by molar-refractivity contribution is 5.98. The third-order valence-corrected chi connectivity index (χ3v) is 3.62. The van der Waals surface area contributed by atoms with Crippen LogP contribution in [0.3, 0.4) is 0 Å². The highest BCUT2D eigenvalue weighted by Crippen LogP contribution is 2.28. The molecule has 3 rings (SSSR count). The summed E-state index contributed by atoms with van der Waals surface area (Å²) in [6.45, 7) is 1.43. The summed E-state index contributed by atoms with van der Waals surface area (Å²) < 4.78 is 0. The second-order valence-electron chi connectivity index (χ2n) is 4.97. The van der Waals surface area contributed by atoms with Crippen molar-refractivity contribution in [2.45, 2.75) is 12.8 Å². The van der Waals surface area contributed by atoms with Crippen molar-refractivity contribution in [2.75, 3.05) is 23.3 Å². The van der Waals surface area contributed by atoms with E-state index < -0.39 is 0 Å². The summed E-state index contributed by atoms with van der Waals surface area (Å²) in [5.74, 6) is 0.193. The predicted molar refractivity (Wildman–Crippen MR) is 82.0 cm³/mol. The summed E-state index contributed by atoms with van der Waals surface area (Å²) in [5, 5.41) is 3.32. The van der Waals surface area contributed by atoms with E-state index in [2.05, 4.69) is 17.4 Å². The first kappa shape index (κ1) is 12.7. The van der Waals surface area contributed by atoms with Crippen LogP contribution in [0.15, 0.2) is 54.6 Å². The number of amides is 1. The number of hydrogen-bond acceptors (Lipinski definition) is 2. The molecule has 0 fully saturated rings. The summed E-state index contributed by atoms with van der Waals surface area (Å²) in [6, 6.07) is 18.3. The second kappa shape index (κ2) is 5.78. The van der Waals surface area contributed by atoms with Crippen LogP contribution in [0.1, 0.15) is 12.0 Å². The van der Waals surface area contributed by atoms with Gasteiger partial charge in [0.1, 0.15) is 0 Å².